The molecule has 4 rings (SSSR count). The van der Waals surface area contributed by atoms with Gasteiger partial charge in [-0.25, -0.2) is 9.79 Å². The van der Waals surface area contributed by atoms with Crippen molar-refractivity contribution in [1.29, 1.82) is 0 Å². The number of hydrogen-bond acceptors (Lipinski definition) is 6. The maximum absolute atomic E-state index is 13.6. The van der Waals surface area contributed by atoms with Crippen molar-refractivity contribution in [3.8, 4) is 5.75 Å². The van der Waals surface area contributed by atoms with Gasteiger partial charge >= 0.3 is 5.97 Å². The number of thiazole rings is 1. The van der Waals surface area contributed by atoms with Gasteiger partial charge in [0.2, 0.25) is 0 Å². The molecule has 1 aliphatic rings. The summed E-state index contributed by atoms with van der Waals surface area (Å²) in [5.41, 5.74) is 3.44. The second-order valence-corrected chi connectivity index (χ2v) is 8.46. The number of aryl methyl sites for hydroxylation is 1. The number of methoxy groups -OCH3 is 1. The molecule has 1 aliphatic heterocycles. The molecular formula is C25H24N2O4S. The quantitative estimate of drug-likeness (QED) is 0.563. The predicted molar refractivity (Wildman–Crippen MR) is 125 cm³/mol. The van der Waals surface area contributed by atoms with Crippen molar-refractivity contribution >= 4 is 23.4 Å². The number of allylic oxidation sites excluding steroid dienone is 1. The third-order valence-electron chi connectivity index (χ3n) is 5.33. The SMILES string of the molecule is CCOC(=O)C1=C(C)N=c2s/c(=C\c3ccc(C)cc3)c(=O)n2[C@H]1c1ccccc1OC. The van der Waals surface area contributed by atoms with E-state index in [-0.39, 0.29) is 12.2 Å². The molecule has 0 radical (unpaired) electrons. The number of ether oxygens (including phenoxy) is 2. The molecule has 1 aromatic heterocycles. The zero-order valence-corrected chi connectivity index (χ0v) is 19.2. The molecule has 7 heteroatoms. The normalized spacial score (nSPS) is 15.9. The summed E-state index contributed by atoms with van der Waals surface area (Å²) in [5, 5.41) is 0. The van der Waals surface area contributed by atoms with E-state index in [2.05, 4.69) is 4.99 Å². The van der Waals surface area contributed by atoms with E-state index in [4.69, 9.17) is 9.47 Å². The number of aromatic nitrogens is 1. The van der Waals surface area contributed by atoms with Gasteiger partial charge in [0, 0.05) is 5.56 Å². The summed E-state index contributed by atoms with van der Waals surface area (Å²) in [6.07, 6.45) is 1.85. The maximum Gasteiger partial charge on any atom is 0.338 e. The number of para-hydroxylation sites is 1. The van der Waals surface area contributed by atoms with E-state index in [0.717, 1.165) is 11.1 Å². The number of carbonyl (C=O) groups is 1. The van der Waals surface area contributed by atoms with Crippen LogP contribution in [0.5, 0.6) is 5.75 Å². The van der Waals surface area contributed by atoms with Crippen molar-refractivity contribution in [2.45, 2.75) is 26.8 Å². The largest absolute Gasteiger partial charge is 0.496 e. The van der Waals surface area contributed by atoms with E-state index in [1.165, 1.54) is 11.3 Å². The molecule has 0 bridgehead atoms. The molecule has 6 nitrogen and oxygen atoms in total. The maximum atomic E-state index is 13.6. The van der Waals surface area contributed by atoms with Gasteiger partial charge in [-0.15, -0.1) is 0 Å². The van der Waals surface area contributed by atoms with Gasteiger partial charge < -0.3 is 9.47 Å². The van der Waals surface area contributed by atoms with Crippen LogP contribution in [0.3, 0.4) is 0 Å². The summed E-state index contributed by atoms with van der Waals surface area (Å²) < 4.78 is 13.0. The highest BCUT2D eigenvalue weighted by atomic mass is 32.1. The van der Waals surface area contributed by atoms with E-state index >= 15 is 0 Å². The minimum atomic E-state index is -0.693. The first kappa shape index (κ1) is 21.8. The molecule has 0 unspecified atom stereocenters. The van der Waals surface area contributed by atoms with Crippen LogP contribution in [0.1, 0.15) is 36.6 Å². The number of rotatable bonds is 5. The Morgan fingerprint density at radius 2 is 1.88 bits per heavy atom. The van der Waals surface area contributed by atoms with Crippen molar-refractivity contribution in [3.05, 3.63) is 96.2 Å². The van der Waals surface area contributed by atoms with Gasteiger partial charge in [0.25, 0.3) is 5.56 Å². The topological polar surface area (TPSA) is 69.9 Å². The first-order valence-corrected chi connectivity index (χ1v) is 11.2. The lowest BCUT2D eigenvalue weighted by Crippen LogP contribution is -2.40. The standard InChI is InChI=1S/C25H24N2O4S/c1-5-31-24(29)21-16(3)26-25-27(22(21)18-8-6-7-9-19(18)30-4)23(28)20(32-25)14-17-12-10-15(2)11-13-17/h6-14,22H,5H2,1-4H3/b20-14-/t22-/m0/s1. The van der Waals surface area contributed by atoms with Crippen LogP contribution < -0.4 is 19.6 Å². The molecule has 0 aliphatic carbocycles. The fourth-order valence-corrected chi connectivity index (χ4v) is 4.84. The molecule has 0 saturated heterocycles. The van der Waals surface area contributed by atoms with E-state index in [9.17, 15) is 9.59 Å². The Morgan fingerprint density at radius 1 is 1.16 bits per heavy atom. The van der Waals surface area contributed by atoms with Gasteiger partial charge in [0.1, 0.15) is 11.8 Å². The second-order valence-electron chi connectivity index (χ2n) is 7.45. The molecule has 3 aromatic rings. The van der Waals surface area contributed by atoms with Crippen LogP contribution in [0.2, 0.25) is 0 Å². The van der Waals surface area contributed by atoms with Crippen LogP contribution in [0.15, 0.2) is 69.6 Å². The zero-order valence-electron chi connectivity index (χ0n) is 18.4. The molecule has 164 valence electrons. The molecule has 2 aromatic carbocycles. The average molecular weight is 449 g/mol. The zero-order chi connectivity index (χ0) is 22.8. The van der Waals surface area contributed by atoms with Crippen LogP contribution in [-0.2, 0) is 9.53 Å². The van der Waals surface area contributed by atoms with Crippen molar-refractivity contribution in [3.63, 3.8) is 0 Å². The fraction of sp³-hybridized carbons (Fsp3) is 0.240. The fourth-order valence-electron chi connectivity index (χ4n) is 3.79. The molecule has 0 saturated carbocycles. The van der Waals surface area contributed by atoms with E-state index in [1.807, 2.05) is 61.5 Å². The molecule has 1 atom stereocenters. The van der Waals surface area contributed by atoms with Gasteiger partial charge in [0.05, 0.1) is 29.5 Å². The minimum absolute atomic E-state index is 0.209. The Kier molecular flexibility index (Phi) is 6.10. The Balaban J connectivity index is 1.98. The molecule has 32 heavy (non-hydrogen) atoms. The summed E-state index contributed by atoms with van der Waals surface area (Å²) in [4.78, 5) is 31.6. The van der Waals surface area contributed by atoms with Crippen LogP contribution >= 0.6 is 11.3 Å². The molecule has 0 spiro atoms. The second kappa shape index (κ2) is 8.96. The molecule has 0 amide bonds. The predicted octanol–water partition coefficient (Wildman–Crippen LogP) is 3.12. The average Bonchev–Trinajstić information content (AvgIpc) is 3.09. The van der Waals surface area contributed by atoms with E-state index in [0.29, 0.717) is 31.9 Å². The molecule has 0 fully saturated rings. The lowest BCUT2D eigenvalue weighted by molar-refractivity contribution is -0.139. The Bertz CT molecular complexity index is 1380. The number of nitrogens with zero attached hydrogens (tertiary/aromatic N) is 2. The third-order valence-corrected chi connectivity index (χ3v) is 6.31. The number of carbonyl (C=O) groups excluding carboxylic acids is 1. The van der Waals surface area contributed by atoms with Crippen molar-refractivity contribution < 1.29 is 14.3 Å². The molecular weight excluding hydrogens is 424 g/mol. The van der Waals surface area contributed by atoms with Gasteiger partial charge in [0.15, 0.2) is 4.80 Å². The Labute approximate surface area is 189 Å². The lowest BCUT2D eigenvalue weighted by atomic mass is 9.95. The first-order chi connectivity index (χ1) is 15.4. The van der Waals surface area contributed by atoms with E-state index in [1.54, 1.807) is 25.5 Å². The van der Waals surface area contributed by atoms with Crippen molar-refractivity contribution in [2.75, 3.05) is 13.7 Å². The Hall–Kier alpha value is -3.45. The van der Waals surface area contributed by atoms with Crippen LogP contribution in [-0.4, -0.2) is 24.3 Å². The number of esters is 1. The highest BCUT2D eigenvalue weighted by Gasteiger charge is 2.34. The summed E-state index contributed by atoms with van der Waals surface area (Å²) in [6, 6.07) is 14.6. The Morgan fingerprint density at radius 3 is 2.56 bits per heavy atom. The monoisotopic (exact) mass is 448 g/mol. The lowest BCUT2D eigenvalue weighted by Gasteiger charge is -2.25. The van der Waals surface area contributed by atoms with Crippen LogP contribution in [0.25, 0.3) is 6.08 Å². The van der Waals surface area contributed by atoms with Crippen molar-refractivity contribution in [2.24, 2.45) is 4.99 Å². The number of fused-ring (bicyclic) bond motifs is 1. The highest BCUT2D eigenvalue weighted by Crippen LogP contribution is 2.35. The number of benzene rings is 2. The summed E-state index contributed by atoms with van der Waals surface area (Å²) in [6.45, 7) is 5.77. The molecule has 2 heterocycles. The van der Waals surface area contributed by atoms with Crippen LogP contribution in [0.4, 0.5) is 0 Å². The summed E-state index contributed by atoms with van der Waals surface area (Å²) >= 11 is 1.30. The number of hydrogen-bond donors (Lipinski definition) is 0. The summed E-state index contributed by atoms with van der Waals surface area (Å²) in [7, 11) is 1.57. The van der Waals surface area contributed by atoms with E-state index < -0.39 is 12.0 Å². The van der Waals surface area contributed by atoms with Gasteiger partial charge in [-0.3, -0.25) is 9.36 Å². The summed E-state index contributed by atoms with van der Waals surface area (Å²) in [5.74, 6) is 0.0968. The first-order valence-electron chi connectivity index (χ1n) is 10.3. The molecule has 0 N–H and O–H groups in total. The van der Waals surface area contributed by atoms with Gasteiger partial charge in [-0.2, -0.15) is 0 Å². The highest BCUT2D eigenvalue weighted by molar-refractivity contribution is 7.07. The van der Waals surface area contributed by atoms with Gasteiger partial charge in [-0.1, -0.05) is 59.4 Å². The smallest absolute Gasteiger partial charge is 0.338 e. The van der Waals surface area contributed by atoms with Crippen molar-refractivity contribution in [1.82, 2.24) is 4.57 Å². The minimum Gasteiger partial charge on any atom is -0.496 e. The van der Waals surface area contributed by atoms with Gasteiger partial charge in [-0.05, 0) is 38.5 Å². The third kappa shape index (κ3) is 3.91. The van der Waals surface area contributed by atoms with Crippen LogP contribution in [0, 0.1) is 6.92 Å².